The second-order valence-corrected chi connectivity index (χ2v) is 3.55. The fraction of sp³-hybridized carbons (Fsp3) is 0.200. The number of hydrogen-bond donors (Lipinski definition) is 0. The van der Waals surface area contributed by atoms with Gasteiger partial charge in [0.2, 0.25) is 0 Å². The maximum absolute atomic E-state index is 13.0. The second-order valence-electron chi connectivity index (χ2n) is 2.76. The van der Waals surface area contributed by atoms with Gasteiger partial charge in [-0.1, -0.05) is 17.0 Å². The average molecular weight is 286 g/mol. The second kappa shape index (κ2) is 6.11. The average Bonchev–Trinajstić information content (AvgIpc) is 2.25. The van der Waals surface area contributed by atoms with Crippen LogP contribution in [0, 0.1) is 23.5 Å². The summed E-state index contributed by atoms with van der Waals surface area (Å²) < 4.78 is 25.9. The van der Waals surface area contributed by atoms with Crippen molar-refractivity contribution in [2.45, 2.75) is 6.42 Å². The van der Waals surface area contributed by atoms with Gasteiger partial charge in [0.05, 0.1) is 4.47 Å². The number of nitrogens with zero attached hydrogens (tertiary/aromatic N) is 3. The van der Waals surface area contributed by atoms with Crippen LogP contribution in [-0.4, -0.2) is 6.54 Å². The normalized spacial score (nSPS) is 8.94. The van der Waals surface area contributed by atoms with Crippen LogP contribution in [0.25, 0.3) is 10.4 Å². The van der Waals surface area contributed by atoms with Crippen LogP contribution in [0.4, 0.5) is 8.78 Å². The van der Waals surface area contributed by atoms with Gasteiger partial charge in [0, 0.05) is 23.4 Å². The molecule has 0 saturated carbocycles. The van der Waals surface area contributed by atoms with E-state index in [4.69, 9.17) is 5.53 Å². The van der Waals surface area contributed by atoms with E-state index in [0.29, 0.717) is 6.42 Å². The summed E-state index contributed by atoms with van der Waals surface area (Å²) in [6.07, 6.45) is 0.351. The first kappa shape index (κ1) is 12.5. The van der Waals surface area contributed by atoms with Gasteiger partial charge in [-0.15, -0.1) is 0 Å². The molecule has 0 aliphatic rings. The van der Waals surface area contributed by atoms with Gasteiger partial charge in [-0.05, 0) is 33.6 Å². The van der Waals surface area contributed by atoms with Gasteiger partial charge < -0.3 is 0 Å². The van der Waals surface area contributed by atoms with E-state index in [1.54, 1.807) is 0 Å². The number of rotatable bonds is 2. The van der Waals surface area contributed by atoms with E-state index in [1.165, 1.54) is 0 Å². The summed E-state index contributed by atoms with van der Waals surface area (Å²) in [4.78, 5) is 2.55. The smallest absolute Gasteiger partial charge is 0.141 e. The third-order valence-corrected chi connectivity index (χ3v) is 2.37. The zero-order chi connectivity index (χ0) is 12.0. The first-order valence-corrected chi connectivity index (χ1v) is 5.08. The van der Waals surface area contributed by atoms with Gasteiger partial charge in [-0.25, -0.2) is 8.78 Å². The van der Waals surface area contributed by atoms with Crippen LogP contribution in [0.5, 0.6) is 0 Å². The summed E-state index contributed by atoms with van der Waals surface area (Å²) in [7, 11) is 0. The molecule has 0 N–H and O–H groups in total. The minimum absolute atomic E-state index is 0.202. The highest BCUT2D eigenvalue weighted by atomic mass is 79.9. The van der Waals surface area contributed by atoms with Crippen molar-refractivity contribution >= 4 is 15.9 Å². The lowest BCUT2D eigenvalue weighted by Gasteiger charge is -1.97. The molecule has 1 rings (SSSR count). The zero-order valence-electron chi connectivity index (χ0n) is 8.04. The topological polar surface area (TPSA) is 48.8 Å². The Balaban J connectivity index is 2.78. The van der Waals surface area contributed by atoms with Gasteiger partial charge >= 0.3 is 0 Å². The SMILES string of the molecule is [N-]=[N+]=NCCC#Cc1cc(F)c(Br)c(F)c1. The highest BCUT2D eigenvalue weighted by Crippen LogP contribution is 2.20. The van der Waals surface area contributed by atoms with Crippen LogP contribution in [0.2, 0.25) is 0 Å². The maximum atomic E-state index is 13.0. The van der Waals surface area contributed by atoms with Crippen molar-refractivity contribution < 1.29 is 8.78 Å². The van der Waals surface area contributed by atoms with Crippen LogP contribution in [0.15, 0.2) is 21.7 Å². The largest absolute Gasteiger partial charge is 0.206 e. The van der Waals surface area contributed by atoms with E-state index in [2.05, 4.69) is 37.8 Å². The Hall–Kier alpha value is -1.57. The monoisotopic (exact) mass is 285 g/mol. The molecule has 0 aliphatic carbocycles. The molecule has 0 radical (unpaired) electrons. The summed E-state index contributed by atoms with van der Waals surface area (Å²) in [5.41, 5.74) is 8.24. The lowest BCUT2D eigenvalue weighted by molar-refractivity contribution is 0.571. The molecule has 1 aromatic rings. The van der Waals surface area contributed by atoms with Gasteiger partial charge in [-0.2, -0.15) is 0 Å². The first-order chi connectivity index (χ1) is 7.65. The molecule has 0 aliphatic heterocycles. The number of benzene rings is 1. The molecule has 16 heavy (non-hydrogen) atoms. The first-order valence-electron chi connectivity index (χ1n) is 4.29. The molecule has 0 bridgehead atoms. The molecule has 0 unspecified atom stereocenters. The zero-order valence-corrected chi connectivity index (χ0v) is 9.63. The maximum Gasteiger partial charge on any atom is 0.141 e. The Morgan fingerprint density at radius 3 is 2.56 bits per heavy atom. The molecule has 1 aromatic carbocycles. The van der Waals surface area contributed by atoms with Crippen molar-refractivity contribution in [3.8, 4) is 11.8 Å². The van der Waals surface area contributed by atoms with Crippen molar-refractivity contribution in [1.29, 1.82) is 0 Å². The van der Waals surface area contributed by atoms with Crippen LogP contribution in [-0.2, 0) is 0 Å². The Kier molecular flexibility index (Phi) is 4.77. The number of halogens is 3. The van der Waals surface area contributed by atoms with Crippen LogP contribution in [0.3, 0.4) is 0 Å². The Bertz CT molecular complexity index is 476. The van der Waals surface area contributed by atoms with Crippen LogP contribution in [0.1, 0.15) is 12.0 Å². The summed E-state index contributed by atoms with van der Waals surface area (Å²) in [5, 5.41) is 3.27. The minimum atomic E-state index is -0.695. The molecule has 0 fully saturated rings. The van der Waals surface area contributed by atoms with Gasteiger partial charge in [0.25, 0.3) is 0 Å². The quantitative estimate of drug-likeness (QED) is 0.198. The Labute approximate surface area is 99.2 Å². The fourth-order valence-electron chi connectivity index (χ4n) is 0.943. The molecular formula is C10H6BrF2N3. The number of azide groups is 1. The molecule has 0 spiro atoms. The summed E-state index contributed by atoms with van der Waals surface area (Å²) >= 11 is 2.76. The van der Waals surface area contributed by atoms with Gasteiger partial charge in [-0.3, -0.25) is 0 Å². The molecule has 0 atom stereocenters. The van der Waals surface area contributed by atoms with Gasteiger partial charge in [0.15, 0.2) is 0 Å². The third-order valence-electron chi connectivity index (χ3n) is 1.62. The van der Waals surface area contributed by atoms with E-state index < -0.39 is 11.6 Å². The van der Waals surface area contributed by atoms with E-state index in [1.807, 2.05) is 0 Å². The minimum Gasteiger partial charge on any atom is -0.206 e. The predicted octanol–water partition coefficient (Wildman–Crippen LogP) is 3.78. The van der Waals surface area contributed by atoms with Gasteiger partial charge in [0.1, 0.15) is 11.6 Å². The Morgan fingerprint density at radius 1 is 1.38 bits per heavy atom. The number of hydrogen-bond acceptors (Lipinski definition) is 1. The van der Waals surface area contributed by atoms with E-state index in [9.17, 15) is 8.78 Å². The van der Waals surface area contributed by atoms with Crippen molar-refractivity contribution in [2.24, 2.45) is 5.11 Å². The summed E-state index contributed by atoms with van der Waals surface area (Å²) in [5.74, 6) is 3.84. The summed E-state index contributed by atoms with van der Waals surface area (Å²) in [6.45, 7) is 0.241. The highest BCUT2D eigenvalue weighted by molar-refractivity contribution is 9.10. The van der Waals surface area contributed by atoms with Crippen LogP contribution < -0.4 is 0 Å². The highest BCUT2D eigenvalue weighted by Gasteiger charge is 2.06. The molecule has 82 valence electrons. The molecule has 0 amide bonds. The lowest BCUT2D eigenvalue weighted by atomic mass is 10.2. The molecule has 6 heteroatoms. The molecule has 0 saturated heterocycles. The molecule has 0 heterocycles. The Morgan fingerprint density at radius 2 is 2.00 bits per heavy atom. The standard InChI is InChI=1S/C10H6BrF2N3/c11-10-8(12)5-7(6-9(10)13)3-1-2-4-15-16-14/h5-6H,2,4H2. The van der Waals surface area contributed by atoms with Crippen molar-refractivity contribution in [2.75, 3.05) is 6.54 Å². The predicted molar refractivity (Wildman–Crippen MR) is 59.6 cm³/mol. The van der Waals surface area contributed by atoms with Crippen LogP contribution >= 0.6 is 15.9 Å². The van der Waals surface area contributed by atoms with E-state index in [0.717, 1.165) is 12.1 Å². The molecule has 3 nitrogen and oxygen atoms in total. The van der Waals surface area contributed by atoms with E-state index in [-0.39, 0.29) is 16.6 Å². The molecule has 0 aromatic heterocycles. The lowest BCUT2D eigenvalue weighted by Crippen LogP contribution is -1.87. The van der Waals surface area contributed by atoms with Crippen molar-refractivity contribution in [3.63, 3.8) is 0 Å². The van der Waals surface area contributed by atoms with Crippen molar-refractivity contribution in [3.05, 3.63) is 44.2 Å². The van der Waals surface area contributed by atoms with Crippen molar-refractivity contribution in [1.82, 2.24) is 0 Å². The molecular weight excluding hydrogens is 280 g/mol. The summed E-state index contributed by atoms with van der Waals surface area (Å²) in [6, 6.07) is 2.27. The van der Waals surface area contributed by atoms with E-state index >= 15 is 0 Å². The fourth-order valence-corrected chi connectivity index (χ4v) is 1.17. The third kappa shape index (κ3) is 3.54.